The summed E-state index contributed by atoms with van der Waals surface area (Å²) in [6.45, 7) is 1.43. The minimum atomic E-state index is -3.95. The molecule has 0 spiro atoms. The molecule has 0 saturated carbocycles. The van der Waals surface area contributed by atoms with Crippen LogP contribution in [-0.2, 0) is 14.8 Å². The molecular formula is C15H13Cl2NO3S. The number of hydrogen-bond donors (Lipinski definition) is 0. The lowest BCUT2D eigenvalue weighted by molar-refractivity contribution is -0.112. The molecule has 22 heavy (non-hydrogen) atoms. The second-order valence-corrected chi connectivity index (χ2v) is 7.20. The second kappa shape index (κ2) is 6.69. The molecular weight excluding hydrogens is 345 g/mol. The Bertz CT molecular complexity index is 778. The lowest BCUT2D eigenvalue weighted by Crippen LogP contribution is -2.42. The van der Waals surface area contributed by atoms with Crippen molar-refractivity contribution in [2.75, 3.05) is 4.31 Å². The molecule has 2 rings (SSSR count). The highest BCUT2D eigenvalue weighted by molar-refractivity contribution is 7.93. The van der Waals surface area contributed by atoms with E-state index < -0.39 is 21.3 Å². The van der Waals surface area contributed by atoms with Crippen molar-refractivity contribution in [2.24, 2.45) is 0 Å². The molecule has 0 heterocycles. The van der Waals surface area contributed by atoms with Gasteiger partial charge in [-0.1, -0.05) is 35.9 Å². The molecule has 2 aromatic rings. The van der Waals surface area contributed by atoms with Crippen molar-refractivity contribution >= 4 is 44.2 Å². The van der Waals surface area contributed by atoms with Crippen molar-refractivity contribution in [1.82, 2.24) is 0 Å². The Balaban J connectivity index is 2.62. The SMILES string of the molecule is CC(C(=O)Cl)N(c1cccc(Cl)c1)S(=O)(=O)c1ccccc1. The van der Waals surface area contributed by atoms with Crippen LogP contribution >= 0.6 is 23.2 Å². The van der Waals surface area contributed by atoms with Crippen molar-refractivity contribution < 1.29 is 13.2 Å². The first-order valence-electron chi connectivity index (χ1n) is 6.38. The Labute approximate surface area is 139 Å². The Morgan fingerprint density at radius 2 is 1.73 bits per heavy atom. The van der Waals surface area contributed by atoms with Gasteiger partial charge >= 0.3 is 0 Å². The number of rotatable bonds is 5. The average molecular weight is 358 g/mol. The fourth-order valence-corrected chi connectivity index (χ4v) is 3.95. The van der Waals surface area contributed by atoms with Crippen LogP contribution in [0.15, 0.2) is 59.5 Å². The van der Waals surface area contributed by atoms with E-state index in [9.17, 15) is 13.2 Å². The van der Waals surface area contributed by atoms with Gasteiger partial charge in [0.05, 0.1) is 10.6 Å². The van der Waals surface area contributed by atoms with Crippen molar-refractivity contribution in [1.29, 1.82) is 0 Å². The molecule has 0 aromatic heterocycles. The van der Waals surface area contributed by atoms with Crippen molar-refractivity contribution in [3.05, 3.63) is 59.6 Å². The fraction of sp³-hybridized carbons (Fsp3) is 0.133. The molecule has 4 nitrogen and oxygen atoms in total. The zero-order valence-corrected chi connectivity index (χ0v) is 13.9. The van der Waals surface area contributed by atoms with Crippen LogP contribution in [0.2, 0.25) is 5.02 Å². The van der Waals surface area contributed by atoms with E-state index >= 15 is 0 Å². The lowest BCUT2D eigenvalue weighted by Gasteiger charge is -2.28. The quantitative estimate of drug-likeness (QED) is 0.766. The number of benzene rings is 2. The summed E-state index contributed by atoms with van der Waals surface area (Å²) in [5.41, 5.74) is 0.276. The third-order valence-electron chi connectivity index (χ3n) is 3.04. The summed E-state index contributed by atoms with van der Waals surface area (Å²) >= 11 is 11.5. The number of halogens is 2. The number of nitrogens with zero attached hydrogens (tertiary/aromatic N) is 1. The van der Waals surface area contributed by atoms with Gasteiger partial charge in [0.15, 0.2) is 0 Å². The monoisotopic (exact) mass is 357 g/mol. The van der Waals surface area contributed by atoms with E-state index in [-0.39, 0.29) is 10.6 Å². The van der Waals surface area contributed by atoms with Gasteiger partial charge < -0.3 is 0 Å². The summed E-state index contributed by atoms with van der Waals surface area (Å²) in [7, 11) is -3.95. The summed E-state index contributed by atoms with van der Waals surface area (Å²) in [6.07, 6.45) is 0. The minimum absolute atomic E-state index is 0.0692. The molecule has 0 saturated heterocycles. The molecule has 0 aliphatic rings. The summed E-state index contributed by atoms with van der Waals surface area (Å²) < 4.78 is 26.7. The van der Waals surface area contributed by atoms with Crippen molar-refractivity contribution in [2.45, 2.75) is 17.9 Å². The van der Waals surface area contributed by atoms with Crippen LogP contribution in [0.3, 0.4) is 0 Å². The van der Waals surface area contributed by atoms with Gasteiger partial charge in [-0.2, -0.15) is 0 Å². The third-order valence-corrected chi connectivity index (χ3v) is 5.51. The van der Waals surface area contributed by atoms with E-state index in [0.29, 0.717) is 5.02 Å². The van der Waals surface area contributed by atoms with Gasteiger partial charge in [-0.15, -0.1) is 0 Å². The van der Waals surface area contributed by atoms with E-state index in [2.05, 4.69) is 0 Å². The van der Waals surface area contributed by atoms with Crippen LogP contribution in [0.5, 0.6) is 0 Å². The molecule has 0 fully saturated rings. The van der Waals surface area contributed by atoms with Gasteiger partial charge in [0.2, 0.25) is 5.24 Å². The molecule has 116 valence electrons. The van der Waals surface area contributed by atoms with E-state index in [0.717, 1.165) is 4.31 Å². The zero-order chi connectivity index (χ0) is 16.3. The van der Waals surface area contributed by atoms with E-state index in [1.54, 1.807) is 36.4 Å². The highest BCUT2D eigenvalue weighted by atomic mass is 35.5. The molecule has 1 unspecified atom stereocenters. The predicted octanol–water partition coefficient (Wildman–Crippen LogP) is 3.69. The van der Waals surface area contributed by atoms with Crippen molar-refractivity contribution in [3.63, 3.8) is 0 Å². The number of carbonyl (C=O) groups excluding carboxylic acids is 1. The lowest BCUT2D eigenvalue weighted by atomic mass is 10.3. The summed E-state index contributed by atoms with van der Waals surface area (Å²) in [5.74, 6) is 0. The average Bonchev–Trinajstić information content (AvgIpc) is 2.48. The molecule has 2 aromatic carbocycles. The Morgan fingerprint density at radius 1 is 1.09 bits per heavy atom. The topological polar surface area (TPSA) is 54.5 Å². The number of carbonyl (C=O) groups is 1. The van der Waals surface area contributed by atoms with Crippen LogP contribution in [-0.4, -0.2) is 19.7 Å². The van der Waals surface area contributed by atoms with Crippen LogP contribution in [0.1, 0.15) is 6.92 Å². The Hall–Kier alpha value is -1.56. The fourth-order valence-electron chi connectivity index (χ4n) is 1.98. The van der Waals surface area contributed by atoms with E-state index in [1.807, 2.05) is 0 Å². The molecule has 0 radical (unpaired) electrons. The number of hydrogen-bond acceptors (Lipinski definition) is 3. The summed E-state index contributed by atoms with van der Waals surface area (Å²) in [4.78, 5) is 11.6. The molecule has 0 bridgehead atoms. The van der Waals surface area contributed by atoms with Gasteiger partial charge in [-0.05, 0) is 48.9 Å². The first-order chi connectivity index (χ1) is 10.3. The molecule has 0 aliphatic heterocycles. The highest BCUT2D eigenvalue weighted by Gasteiger charge is 2.32. The van der Waals surface area contributed by atoms with Gasteiger partial charge in [-0.3, -0.25) is 9.10 Å². The normalized spacial score (nSPS) is 12.7. The predicted molar refractivity (Wildman–Crippen MR) is 87.9 cm³/mol. The molecule has 0 amide bonds. The second-order valence-electron chi connectivity index (χ2n) is 4.57. The number of anilines is 1. The molecule has 0 N–H and O–H groups in total. The number of sulfonamides is 1. The Morgan fingerprint density at radius 3 is 2.27 bits per heavy atom. The van der Waals surface area contributed by atoms with Crippen LogP contribution in [0, 0.1) is 0 Å². The molecule has 7 heteroatoms. The maximum Gasteiger partial charge on any atom is 0.265 e. The van der Waals surface area contributed by atoms with E-state index in [4.69, 9.17) is 23.2 Å². The first-order valence-corrected chi connectivity index (χ1v) is 8.58. The van der Waals surface area contributed by atoms with Crippen molar-refractivity contribution in [3.8, 4) is 0 Å². The van der Waals surface area contributed by atoms with Gasteiger partial charge in [-0.25, -0.2) is 8.42 Å². The first kappa shape index (κ1) is 16.8. The van der Waals surface area contributed by atoms with Crippen LogP contribution in [0.25, 0.3) is 0 Å². The molecule has 0 aliphatic carbocycles. The maximum atomic E-state index is 12.9. The van der Waals surface area contributed by atoms with Crippen LogP contribution in [0.4, 0.5) is 5.69 Å². The van der Waals surface area contributed by atoms with Gasteiger partial charge in [0, 0.05) is 5.02 Å². The van der Waals surface area contributed by atoms with E-state index in [1.165, 1.54) is 25.1 Å². The largest absolute Gasteiger partial charge is 0.279 e. The maximum absolute atomic E-state index is 12.9. The van der Waals surface area contributed by atoms with Gasteiger partial charge in [0.25, 0.3) is 10.0 Å². The molecule has 1 atom stereocenters. The zero-order valence-electron chi connectivity index (χ0n) is 11.6. The minimum Gasteiger partial charge on any atom is -0.279 e. The smallest absolute Gasteiger partial charge is 0.265 e. The summed E-state index contributed by atoms with van der Waals surface area (Å²) in [6, 6.07) is 13.0. The third kappa shape index (κ3) is 3.43. The highest BCUT2D eigenvalue weighted by Crippen LogP contribution is 2.28. The van der Waals surface area contributed by atoms with Gasteiger partial charge in [0.1, 0.15) is 6.04 Å². The van der Waals surface area contributed by atoms with Crippen LogP contribution < -0.4 is 4.31 Å². The Kier molecular flexibility index (Phi) is 5.11. The standard InChI is InChI=1S/C15H13Cl2NO3S/c1-11(15(17)19)18(13-7-5-6-12(16)10-13)22(20,21)14-8-3-2-4-9-14/h2-11H,1H3. The summed E-state index contributed by atoms with van der Waals surface area (Å²) in [5, 5.41) is -0.417.